The van der Waals surface area contributed by atoms with Crippen molar-refractivity contribution in [1.82, 2.24) is 10.3 Å². The Balaban J connectivity index is 2.00. The van der Waals surface area contributed by atoms with Crippen LogP contribution in [0.15, 0.2) is 29.4 Å². The van der Waals surface area contributed by atoms with Gasteiger partial charge in [0.2, 0.25) is 0 Å². The zero-order chi connectivity index (χ0) is 11.4. The van der Waals surface area contributed by atoms with Crippen molar-refractivity contribution in [3.05, 3.63) is 24.5 Å². The van der Waals surface area contributed by atoms with Gasteiger partial charge in [-0.2, -0.15) is 5.26 Å². The van der Waals surface area contributed by atoms with E-state index in [0.29, 0.717) is 5.92 Å². The normalized spacial score (nSPS) is 18.8. The molecular weight excluding hydrogens is 218 g/mol. The Kier molecular flexibility index (Phi) is 3.47. The van der Waals surface area contributed by atoms with Gasteiger partial charge in [0.05, 0.1) is 6.07 Å². The molecular formula is C12H15N3S. The van der Waals surface area contributed by atoms with Gasteiger partial charge in [-0.05, 0) is 37.9 Å². The van der Waals surface area contributed by atoms with Crippen LogP contribution in [0.1, 0.15) is 12.8 Å². The van der Waals surface area contributed by atoms with Crippen LogP contribution >= 0.6 is 11.8 Å². The van der Waals surface area contributed by atoms with E-state index in [1.807, 2.05) is 19.2 Å². The van der Waals surface area contributed by atoms with Crippen LogP contribution in [0.4, 0.5) is 0 Å². The number of hydrogen-bond donors (Lipinski definition) is 1. The van der Waals surface area contributed by atoms with Gasteiger partial charge in [0.15, 0.2) is 0 Å². The van der Waals surface area contributed by atoms with Crippen molar-refractivity contribution in [3.8, 4) is 6.07 Å². The van der Waals surface area contributed by atoms with Crippen LogP contribution in [0.3, 0.4) is 0 Å². The standard InChI is InChI=1S/C12H15N3S/c1-14-12(8-13,10-2-3-10)9-16-11-4-6-15-7-5-11/h4-7,10,14H,2-3,9H2,1H3. The fraction of sp³-hybridized carbons (Fsp3) is 0.500. The Morgan fingerprint density at radius 1 is 1.56 bits per heavy atom. The van der Waals surface area contributed by atoms with Gasteiger partial charge in [0.25, 0.3) is 0 Å². The smallest absolute Gasteiger partial charge is 0.118 e. The lowest BCUT2D eigenvalue weighted by molar-refractivity contribution is 0.441. The topological polar surface area (TPSA) is 48.7 Å². The Morgan fingerprint density at radius 3 is 2.75 bits per heavy atom. The summed E-state index contributed by atoms with van der Waals surface area (Å²) in [5.74, 6) is 1.33. The summed E-state index contributed by atoms with van der Waals surface area (Å²) in [5.41, 5.74) is -0.353. The molecule has 1 aliphatic carbocycles. The van der Waals surface area contributed by atoms with E-state index in [0.717, 1.165) is 5.75 Å². The average Bonchev–Trinajstić information content (AvgIpc) is 3.17. The first-order valence-corrected chi connectivity index (χ1v) is 6.42. The number of aromatic nitrogens is 1. The summed E-state index contributed by atoms with van der Waals surface area (Å²) in [4.78, 5) is 5.16. The number of hydrogen-bond acceptors (Lipinski definition) is 4. The van der Waals surface area contributed by atoms with Gasteiger partial charge in [-0.3, -0.25) is 4.98 Å². The highest BCUT2D eigenvalue weighted by molar-refractivity contribution is 7.99. The first kappa shape index (κ1) is 11.4. The average molecular weight is 233 g/mol. The summed E-state index contributed by atoms with van der Waals surface area (Å²) in [6.45, 7) is 0. The minimum Gasteiger partial charge on any atom is -0.302 e. The quantitative estimate of drug-likeness (QED) is 0.791. The van der Waals surface area contributed by atoms with Crippen molar-refractivity contribution in [1.29, 1.82) is 5.26 Å². The van der Waals surface area contributed by atoms with Gasteiger partial charge < -0.3 is 5.32 Å². The lowest BCUT2D eigenvalue weighted by Gasteiger charge is -2.25. The zero-order valence-corrected chi connectivity index (χ0v) is 10.1. The molecule has 0 aliphatic heterocycles. The molecule has 1 fully saturated rings. The highest BCUT2D eigenvalue weighted by Crippen LogP contribution is 2.41. The molecule has 0 spiro atoms. The molecule has 4 heteroatoms. The predicted molar refractivity (Wildman–Crippen MR) is 65.1 cm³/mol. The molecule has 3 nitrogen and oxygen atoms in total. The molecule has 2 rings (SSSR count). The van der Waals surface area contributed by atoms with Crippen molar-refractivity contribution in [2.45, 2.75) is 23.3 Å². The fourth-order valence-electron chi connectivity index (χ4n) is 1.78. The summed E-state index contributed by atoms with van der Waals surface area (Å²) in [6, 6.07) is 6.41. The van der Waals surface area contributed by atoms with E-state index < -0.39 is 0 Å². The van der Waals surface area contributed by atoms with E-state index >= 15 is 0 Å². The molecule has 0 aromatic carbocycles. The zero-order valence-electron chi connectivity index (χ0n) is 9.31. The van der Waals surface area contributed by atoms with E-state index in [1.165, 1.54) is 17.7 Å². The van der Waals surface area contributed by atoms with E-state index in [4.69, 9.17) is 0 Å². The first-order valence-electron chi connectivity index (χ1n) is 5.44. The molecule has 1 aliphatic rings. The second-order valence-corrected chi connectivity index (χ2v) is 5.13. The second kappa shape index (κ2) is 4.86. The molecule has 1 N–H and O–H groups in total. The van der Waals surface area contributed by atoms with Crippen LogP contribution in [0, 0.1) is 17.2 Å². The van der Waals surface area contributed by atoms with Gasteiger partial charge in [-0.25, -0.2) is 0 Å². The summed E-state index contributed by atoms with van der Waals surface area (Å²) in [6.07, 6.45) is 5.91. The first-order chi connectivity index (χ1) is 7.80. The van der Waals surface area contributed by atoms with E-state index in [9.17, 15) is 5.26 Å². The Labute approximate surface area is 100 Å². The minimum atomic E-state index is -0.353. The maximum Gasteiger partial charge on any atom is 0.118 e. The Bertz CT molecular complexity index is 383. The molecule has 0 amide bonds. The van der Waals surface area contributed by atoms with Gasteiger partial charge in [-0.15, -0.1) is 11.8 Å². The van der Waals surface area contributed by atoms with Gasteiger partial charge in [0.1, 0.15) is 5.54 Å². The van der Waals surface area contributed by atoms with Gasteiger partial charge in [0, 0.05) is 23.0 Å². The van der Waals surface area contributed by atoms with Crippen molar-refractivity contribution in [2.75, 3.05) is 12.8 Å². The van der Waals surface area contributed by atoms with Crippen LogP contribution in [0.5, 0.6) is 0 Å². The van der Waals surface area contributed by atoms with Crippen molar-refractivity contribution in [2.24, 2.45) is 5.92 Å². The number of nitrogens with one attached hydrogen (secondary N) is 1. The minimum absolute atomic E-state index is 0.353. The second-order valence-electron chi connectivity index (χ2n) is 4.08. The highest BCUT2D eigenvalue weighted by Gasteiger charge is 2.44. The number of nitriles is 1. The molecule has 16 heavy (non-hydrogen) atoms. The molecule has 0 bridgehead atoms. The largest absolute Gasteiger partial charge is 0.302 e. The van der Waals surface area contributed by atoms with E-state index in [-0.39, 0.29) is 5.54 Å². The summed E-state index contributed by atoms with van der Waals surface area (Å²) in [7, 11) is 1.88. The maximum absolute atomic E-state index is 9.33. The third kappa shape index (κ3) is 2.37. The summed E-state index contributed by atoms with van der Waals surface area (Å²) in [5, 5.41) is 12.5. The van der Waals surface area contributed by atoms with Crippen LogP contribution < -0.4 is 5.32 Å². The molecule has 0 saturated heterocycles. The van der Waals surface area contributed by atoms with Crippen LogP contribution in [-0.4, -0.2) is 23.3 Å². The highest BCUT2D eigenvalue weighted by atomic mass is 32.2. The lowest BCUT2D eigenvalue weighted by atomic mass is 9.98. The fourth-order valence-corrected chi connectivity index (χ4v) is 2.93. The maximum atomic E-state index is 9.33. The van der Waals surface area contributed by atoms with E-state index in [1.54, 1.807) is 24.2 Å². The number of nitrogens with zero attached hydrogens (tertiary/aromatic N) is 2. The summed E-state index contributed by atoms with van der Waals surface area (Å²) < 4.78 is 0. The SMILES string of the molecule is CNC(C#N)(CSc1ccncc1)C1CC1. The molecule has 0 radical (unpaired) electrons. The van der Waals surface area contributed by atoms with Crippen LogP contribution in [-0.2, 0) is 0 Å². The number of pyridine rings is 1. The van der Waals surface area contributed by atoms with Crippen molar-refractivity contribution in [3.63, 3.8) is 0 Å². The Hall–Kier alpha value is -1.05. The molecule has 1 heterocycles. The van der Waals surface area contributed by atoms with Crippen LogP contribution in [0.25, 0.3) is 0 Å². The van der Waals surface area contributed by atoms with E-state index in [2.05, 4.69) is 16.4 Å². The van der Waals surface area contributed by atoms with Crippen molar-refractivity contribution >= 4 is 11.8 Å². The molecule has 1 aromatic rings. The van der Waals surface area contributed by atoms with Crippen molar-refractivity contribution < 1.29 is 0 Å². The monoisotopic (exact) mass is 233 g/mol. The van der Waals surface area contributed by atoms with Crippen LogP contribution in [0.2, 0.25) is 0 Å². The summed E-state index contributed by atoms with van der Waals surface area (Å²) >= 11 is 1.72. The molecule has 1 aromatic heterocycles. The number of rotatable bonds is 5. The molecule has 1 saturated carbocycles. The Morgan fingerprint density at radius 2 is 2.25 bits per heavy atom. The van der Waals surface area contributed by atoms with Gasteiger partial charge >= 0.3 is 0 Å². The third-order valence-corrected chi connectivity index (χ3v) is 4.24. The lowest BCUT2D eigenvalue weighted by Crippen LogP contribution is -2.46. The molecule has 84 valence electrons. The number of thioether (sulfide) groups is 1. The molecule has 1 unspecified atom stereocenters. The van der Waals surface area contributed by atoms with Gasteiger partial charge in [-0.1, -0.05) is 0 Å². The molecule has 1 atom stereocenters. The third-order valence-electron chi connectivity index (χ3n) is 3.04. The predicted octanol–water partition coefficient (Wildman–Crippen LogP) is 2.07.